The standard InChI is InChI=1S/C28H34N6O6S.C24H27N5O5S/c1-17-24(18(2)32-28(31-17)29-12-6-9-19-8-5-10-20(35)14-19)26(38)33-21(27(39)40-16-23(36)34(3)4)15-30-25(37)22-11-7-13-41-22;1-14-20(22(32)29-18(23(33)34)13-26-21(31)19-9-5-11-35-19)15(2)28-24(27-14)25-10-4-7-16-6-3-8-17(30)12-16/h5,7-8,10-11,13-14,21,35H,6,9,12,15-16H2,1-4H3,(H,30,37)(H,33,38)(H,29,31,32);3,5-6,8-9,11-12,18,30H,4,7,10,13H2,1-2H3,(H,26,31)(H,29,32)(H,33,34)(H,25,27,28)/t21-;18-/m00/s1. The fourth-order valence-corrected chi connectivity index (χ4v) is 8.53. The van der Waals surface area contributed by atoms with Gasteiger partial charge in [0, 0.05) is 40.3 Å². The summed E-state index contributed by atoms with van der Waals surface area (Å²) in [6.45, 7) is 6.74. The zero-order chi connectivity index (χ0) is 55.3. The van der Waals surface area contributed by atoms with Crippen molar-refractivity contribution in [2.45, 2.75) is 65.5 Å². The molecule has 2 atom stereocenters. The number of esters is 1. The zero-order valence-electron chi connectivity index (χ0n) is 42.8. The first-order valence-corrected chi connectivity index (χ1v) is 25.6. The van der Waals surface area contributed by atoms with Crippen LogP contribution in [-0.4, -0.2) is 141 Å². The van der Waals surface area contributed by atoms with Crippen molar-refractivity contribution < 1.29 is 53.6 Å². The third-order valence-corrected chi connectivity index (χ3v) is 12.9. The van der Waals surface area contributed by atoms with Crippen molar-refractivity contribution in [2.24, 2.45) is 0 Å². The number of likely N-dealkylation sites (N-methyl/N-ethyl adjacent to an activating group) is 1. The number of benzene rings is 2. The summed E-state index contributed by atoms with van der Waals surface area (Å²) in [6, 6.07) is 18.3. The molecule has 402 valence electrons. The molecule has 9 N–H and O–H groups in total. The van der Waals surface area contributed by atoms with Crippen molar-refractivity contribution in [2.75, 3.05) is 57.5 Å². The number of aliphatic carboxylic acids is 1. The normalized spacial score (nSPS) is 11.4. The predicted octanol–water partition coefficient (Wildman–Crippen LogP) is 4.58. The van der Waals surface area contributed by atoms with Crippen LogP contribution in [0.15, 0.2) is 83.6 Å². The van der Waals surface area contributed by atoms with Crippen LogP contribution in [0.25, 0.3) is 0 Å². The third kappa shape index (κ3) is 18.2. The van der Waals surface area contributed by atoms with Gasteiger partial charge in [-0.1, -0.05) is 36.4 Å². The minimum atomic E-state index is -1.32. The summed E-state index contributed by atoms with van der Waals surface area (Å²) in [5, 5.41) is 48.6. The van der Waals surface area contributed by atoms with Crippen LogP contribution in [0, 0.1) is 27.7 Å². The average molecular weight is 1080 g/mol. The van der Waals surface area contributed by atoms with Gasteiger partial charge < -0.3 is 56.9 Å². The molecule has 4 heterocycles. The predicted molar refractivity (Wildman–Crippen MR) is 286 cm³/mol. The Bertz CT molecular complexity index is 2930. The van der Waals surface area contributed by atoms with E-state index >= 15 is 0 Å². The molecule has 0 unspecified atom stereocenters. The number of carbonyl (C=O) groups is 7. The van der Waals surface area contributed by atoms with Crippen molar-refractivity contribution in [1.82, 2.24) is 46.1 Å². The molecule has 24 heteroatoms. The maximum Gasteiger partial charge on any atom is 0.331 e. The number of phenols is 2. The monoisotopic (exact) mass is 1080 g/mol. The lowest BCUT2D eigenvalue weighted by Crippen LogP contribution is -2.50. The van der Waals surface area contributed by atoms with E-state index in [0.717, 1.165) is 36.8 Å². The molecule has 0 aliphatic heterocycles. The first kappa shape index (κ1) is 58.4. The van der Waals surface area contributed by atoms with Gasteiger partial charge in [-0.2, -0.15) is 0 Å². The average Bonchev–Trinajstić information content (AvgIpc) is 4.13. The van der Waals surface area contributed by atoms with Crippen molar-refractivity contribution in [3.05, 3.63) is 138 Å². The molecule has 0 aliphatic rings. The fourth-order valence-electron chi connectivity index (χ4n) is 7.25. The third-order valence-electron chi connectivity index (χ3n) is 11.1. The topological polar surface area (TPSA) is 316 Å². The Labute approximate surface area is 446 Å². The Balaban J connectivity index is 0.000000284. The molecule has 22 nitrogen and oxygen atoms in total. The van der Waals surface area contributed by atoms with Crippen LogP contribution in [0.4, 0.5) is 11.9 Å². The van der Waals surface area contributed by atoms with Crippen molar-refractivity contribution in [3.8, 4) is 11.5 Å². The summed E-state index contributed by atoms with van der Waals surface area (Å²) in [4.78, 5) is 107. The second-order valence-electron chi connectivity index (χ2n) is 17.2. The van der Waals surface area contributed by atoms with E-state index in [1.807, 2.05) is 12.1 Å². The van der Waals surface area contributed by atoms with Crippen LogP contribution in [0.2, 0.25) is 0 Å². The summed E-state index contributed by atoms with van der Waals surface area (Å²) in [7, 11) is 3.05. The smallest absolute Gasteiger partial charge is 0.331 e. The van der Waals surface area contributed by atoms with Gasteiger partial charge in [-0.25, -0.2) is 29.5 Å². The highest BCUT2D eigenvalue weighted by molar-refractivity contribution is 7.12. The van der Waals surface area contributed by atoms with Gasteiger partial charge in [-0.05, 0) is 112 Å². The van der Waals surface area contributed by atoms with Gasteiger partial charge in [0.05, 0.1) is 43.7 Å². The number of hydrogen-bond acceptors (Lipinski definition) is 18. The van der Waals surface area contributed by atoms with E-state index in [2.05, 4.69) is 51.8 Å². The lowest BCUT2D eigenvalue weighted by atomic mass is 10.1. The Morgan fingerprint density at radius 3 is 1.39 bits per heavy atom. The molecule has 2 aromatic carbocycles. The number of anilines is 2. The summed E-state index contributed by atoms with van der Waals surface area (Å²) in [6.07, 6.45) is 3.06. The fraction of sp³-hybridized carbons (Fsp3) is 0.327. The lowest BCUT2D eigenvalue weighted by Gasteiger charge is -2.20. The van der Waals surface area contributed by atoms with E-state index in [9.17, 15) is 48.9 Å². The van der Waals surface area contributed by atoms with Gasteiger partial charge in [0.25, 0.3) is 29.5 Å². The quantitative estimate of drug-likeness (QED) is 0.0296. The SMILES string of the molecule is Cc1nc(NCCCc2cccc(O)c2)nc(C)c1C(=O)N[C@@H](CNC(=O)c1cccs1)C(=O)O.Cc1nc(NCCCc2cccc(O)c2)nc(C)c1C(=O)N[C@@H](CNC(=O)c1cccs1)C(=O)OCC(=O)N(C)C. The van der Waals surface area contributed by atoms with Crippen molar-refractivity contribution >= 4 is 76.0 Å². The van der Waals surface area contributed by atoms with Crippen LogP contribution in [-0.2, 0) is 32.0 Å². The van der Waals surface area contributed by atoms with Gasteiger partial charge in [0.1, 0.15) is 23.6 Å². The molecule has 76 heavy (non-hydrogen) atoms. The number of aryl methyl sites for hydroxylation is 6. The number of carboxylic acid groups (broad SMARTS) is 1. The minimum absolute atomic E-state index is 0.182. The molecule has 4 aromatic heterocycles. The van der Waals surface area contributed by atoms with E-state index < -0.39 is 60.2 Å². The van der Waals surface area contributed by atoms with Gasteiger partial charge >= 0.3 is 11.9 Å². The number of nitrogens with one attached hydrogen (secondary N) is 6. The van der Waals surface area contributed by atoms with Gasteiger partial charge in [-0.15, -0.1) is 22.7 Å². The van der Waals surface area contributed by atoms with E-state index in [1.54, 1.807) is 99.1 Å². The first-order chi connectivity index (χ1) is 36.3. The highest BCUT2D eigenvalue weighted by Gasteiger charge is 2.28. The molecule has 0 saturated heterocycles. The maximum absolute atomic E-state index is 13.3. The Kier molecular flexibility index (Phi) is 22.1. The number of carbonyl (C=O) groups excluding carboxylic acids is 6. The molecular formula is C52H61N11O11S2. The molecule has 6 rings (SSSR count). The largest absolute Gasteiger partial charge is 0.508 e. The Hall–Kier alpha value is -8.51. The van der Waals surface area contributed by atoms with Crippen LogP contribution in [0.3, 0.4) is 0 Å². The molecule has 0 spiro atoms. The molecule has 0 saturated carbocycles. The second-order valence-corrected chi connectivity index (χ2v) is 19.1. The van der Waals surface area contributed by atoms with Crippen LogP contribution < -0.4 is 31.9 Å². The number of ether oxygens (including phenoxy) is 1. The molecular weight excluding hydrogens is 1020 g/mol. The number of aromatic hydroxyl groups is 2. The molecule has 6 aromatic rings. The van der Waals surface area contributed by atoms with E-state index in [1.165, 1.54) is 41.7 Å². The summed E-state index contributed by atoms with van der Waals surface area (Å²) in [5.74, 6) is -3.48. The first-order valence-electron chi connectivity index (χ1n) is 23.9. The van der Waals surface area contributed by atoms with Gasteiger partial charge in [0.15, 0.2) is 6.61 Å². The highest BCUT2D eigenvalue weighted by Crippen LogP contribution is 2.18. The lowest BCUT2D eigenvalue weighted by molar-refractivity contribution is -0.152. The van der Waals surface area contributed by atoms with Crippen LogP contribution >= 0.6 is 22.7 Å². The Morgan fingerprint density at radius 1 is 0.592 bits per heavy atom. The van der Waals surface area contributed by atoms with E-state index in [-0.39, 0.29) is 35.7 Å². The number of phenolic OH excluding ortho intramolecular Hbond substituents is 2. The minimum Gasteiger partial charge on any atom is -0.508 e. The van der Waals surface area contributed by atoms with Crippen molar-refractivity contribution in [1.29, 1.82) is 0 Å². The van der Waals surface area contributed by atoms with Crippen molar-refractivity contribution in [3.63, 3.8) is 0 Å². The number of amides is 5. The van der Waals surface area contributed by atoms with Crippen LogP contribution in [0.1, 0.15) is 86.8 Å². The zero-order valence-corrected chi connectivity index (χ0v) is 44.4. The summed E-state index contributed by atoms with van der Waals surface area (Å²) >= 11 is 2.47. The molecule has 0 bridgehead atoms. The number of rotatable bonds is 24. The van der Waals surface area contributed by atoms with Gasteiger partial charge in [-0.3, -0.25) is 24.0 Å². The number of nitrogens with zero attached hydrogens (tertiary/aromatic N) is 5. The number of hydrogen-bond donors (Lipinski definition) is 9. The van der Waals surface area contributed by atoms with E-state index in [4.69, 9.17) is 4.74 Å². The maximum atomic E-state index is 13.3. The number of aromatic nitrogens is 4. The molecule has 5 amide bonds. The second kappa shape index (κ2) is 28.8. The summed E-state index contributed by atoms with van der Waals surface area (Å²) < 4.78 is 5.11. The van der Waals surface area contributed by atoms with E-state index in [0.29, 0.717) is 57.5 Å². The van der Waals surface area contributed by atoms with Gasteiger partial charge in [0.2, 0.25) is 11.9 Å². The van der Waals surface area contributed by atoms with Crippen LogP contribution in [0.5, 0.6) is 11.5 Å². The molecule has 0 aliphatic carbocycles. The number of carboxylic acids is 1. The molecule has 0 fully saturated rings. The summed E-state index contributed by atoms with van der Waals surface area (Å²) in [5.41, 5.74) is 3.98. The highest BCUT2D eigenvalue weighted by atomic mass is 32.1. The molecule has 0 radical (unpaired) electrons. The number of thiophene rings is 2. The Morgan fingerprint density at radius 2 is 1.01 bits per heavy atom.